The van der Waals surface area contributed by atoms with Crippen LogP contribution in [0.25, 0.3) is 0 Å². The van der Waals surface area contributed by atoms with Crippen molar-refractivity contribution < 1.29 is 4.79 Å². The number of amides is 1. The molecule has 0 aliphatic carbocycles. The lowest BCUT2D eigenvalue weighted by Crippen LogP contribution is -2.39. The van der Waals surface area contributed by atoms with Crippen LogP contribution in [0.3, 0.4) is 0 Å². The van der Waals surface area contributed by atoms with Crippen molar-refractivity contribution in [3.8, 4) is 0 Å². The number of nitrogens with two attached hydrogens (primary N) is 1. The van der Waals surface area contributed by atoms with Gasteiger partial charge in [-0.3, -0.25) is 4.79 Å². The normalized spacial score (nSPS) is 20.3. The van der Waals surface area contributed by atoms with Crippen LogP contribution < -0.4 is 5.73 Å². The quantitative estimate of drug-likeness (QED) is 0.849. The average Bonchev–Trinajstić information content (AvgIpc) is 2.38. The topological polar surface area (TPSA) is 59.2 Å². The zero-order valence-electron chi connectivity index (χ0n) is 10.2. The summed E-state index contributed by atoms with van der Waals surface area (Å²) < 4.78 is 0. The number of nitrogen functional groups attached to an aromatic ring is 1. The molecule has 2 heterocycles. The van der Waals surface area contributed by atoms with Crippen molar-refractivity contribution in [2.24, 2.45) is 5.92 Å². The smallest absolute Gasteiger partial charge is 0.254 e. The molecule has 1 amide bonds. The molecule has 0 bridgehead atoms. The number of pyridine rings is 1. The standard InChI is InChI=1S/C13H19N3O/c1-2-10-4-3-7-16(9-10)13(17)11-5-6-15-12(14)8-11/h5-6,8,10H,2-4,7,9H2,1H3,(H2,14,15). The highest BCUT2D eigenvalue weighted by Crippen LogP contribution is 2.21. The van der Waals surface area contributed by atoms with Crippen molar-refractivity contribution in [3.05, 3.63) is 23.9 Å². The highest BCUT2D eigenvalue weighted by Gasteiger charge is 2.23. The summed E-state index contributed by atoms with van der Waals surface area (Å²) in [7, 11) is 0. The van der Waals surface area contributed by atoms with E-state index >= 15 is 0 Å². The third-order valence-electron chi connectivity index (χ3n) is 3.41. The summed E-state index contributed by atoms with van der Waals surface area (Å²) in [4.78, 5) is 18.1. The highest BCUT2D eigenvalue weighted by atomic mass is 16.2. The van der Waals surface area contributed by atoms with Gasteiger partial charge in [-0.2, -0.15) is 0 Å². The Morgan fingerprint density at radius 1 is 1.65 bits per heavy atom. The Balaban J connectivity index is 2.09. The van der Waals surface area contributed by atoms with Crippen LogP contribution in [0.15, 0.2) is 18.3 Å². The van der Waals surface area contributed by atoms with E-state index in [-0.39, 0.29) is 5.91 Å². The van der Waals surface area contributed by atoms with Gasteiger partial charge in [0.2, 0.25) is 0 Å². The summed E-state index contributed by atoms with van der Waals surface area (Å²) in [6, 6.07) is 3.38. The van der Waals surface area contributed by atoms with E-state index < -0.39 is 0 Å². The highest BCUT2D eigenvalue weighted by molar-refractivity contribution is 5.94. The molecule has 1 aromatic heterocycles. The summed E-state index contributed by atoms with van der Waals surface area (Å²) in [5.74, 6) is 1.13. The molecular formula is C13H19N3O. The van der Waals surface area contributed by atoms with E-state index in [2.05, 4.69) is 11.9 Å². The number of carbonyl (C=O) groups is 1. The summed E-state index contributed by atoms with van der Waals surface area (Å²) in [5.41, 5.74) is 6.25. The Morgan fingerprint density at radius 2 is 2.47 bits per heavy atom. The number of aromatic nitrogens is 1. The third kappa shape index (κ3) is 2.75. The van der Waals surface area contributed by atoms with Gasteiger partial charge < -0.3 is 10.6 Å². The summed E-state index contributed by atoms with van der Waals surface area (Å²) in [6.07, 6.45) is 5.07. The Bertz CT molecular complexity index is 405. The zero-order chi connectivity index (χ0) is 12.3. The fraction of sp³-hybridized carbons (Fsp3) is 0.538. The largest absolute Gasteiger partial charge is 0.384 e. The first-order valence-electron chi connectivity index (χ1n) is 6.21. The predicted molar refractivity (Wildman–Crippen MR) is 67.6 cm³/mol. The molecule has 4 heteroatoms. The van der Waals surface area contributed by atoms with Gasteiger partial charge in [0.15, 0.2) is 0 Å². The van der Waals surface area contributed by atoms with E-state index in [0.717, 1.165) is 25.9 Å². The second-order valence-corrected chi connectivity index (χ2v) is 4.64. The Kier molecular flexibility index (Phi) is 3.61. The van der Waals surface area contributed by atoms with Crippen LogP contribution in [-0.2, 0) is 0 Å². The van der Waals surface area contributed by atoms with Crippen LogP contribution in [0.2, 0.25) is 0 Å². The van der Waals surface area contributed by atoms with Gasteiger partial charge in [-0.1, -0.05) is 13.3 Å². The molecule has 2 rings (SSSR count). The fourth-order valence-corrected chi connectivity index (χ4v) is 2.35. The first-order chi connectivity index (χ1) is 8.20. The van der Waals surface area contributed by atoms with Gasteiger partial charge in [0.1, 0.15) is 5.82 Å². The van der Waals surface area contributed by atoms with E-state index in [1.807, 2.05) is 4.90 Å². The number of anilines is 1. The number of rotatable bonds is 2. The van der Waals surface area contributed by atoms with Gasteiger partial charge in [-0.15, -0.1) is 0 Å². The van der Waals surface area contributed by atoms with Crippen molar-refractivity contribution in [1.82, 2.24) is 9.88 Å². The van der Waals surface area contributed by atoms with Crippen molar-refractivity contribution in [3.63, 3.8) is 0 Å². The van der Waals surface area contributed by atoms with Gasteiger partial charge in [0.05, 0.1) is 0 Å². The minimum absolute atomic E-state index is 0.0808. The van der Waals surface area contributed by atoms with Crippen LogP contribution in [0.5, 0.6) is 0 Å². The van der Waals surface area contributed by atoms with Gasteiger partial charge in [-0.25, -0.2) is 4.98 Å². The molecular weight excluding hydrogens is 214 g/mol. The molecule has 1 aliphatic heterocycles. The molecule has 17 heavy (non-hydrogen) atoms. The summed E-state index contributed by atoms with van der Waals surface area (Å²) >= 11 is 0. The Morgan fingerprint density at radius 3 is 3.18 bits per heavy atom. The lowest BCUT2D eigenvalue weighted by atomic mass is 9.95. The van der Waals surface area contributed by atoms with Crippen LogP contribution >= 0.6 is 0 Å². The van der Waals surface area contributed by atoms with E-state index in [0.29, 0.717) is 17.3 Å². The maximum absolute atomic E-state index is 12.3. The van der Waals surface area contributed by atoms with Crippen molar-refractivity contribution in [2.45, 2.75) is 26.2 Å². The van der Waals surface area contributed by atoms with E-state index in [4.69, 9.17) is 5.73 Å². The molecule has 2 N–H and O–H groups in total. The number of nitrogens with zero attached hydrogens (tertiary/aromatic N) is 2. The van der Waals surface area contributed by atoms with Gasteiger partial charge in [0, 0.05) is 24.8 Å². The fourth-order valence-electron chi connectivity index (χ4n) is 2.35. The number of hydrogen-bond acceptors (Lipinski definition) is 3. The number of piperidine rings is 1. The maximum Gasteiger partial charge on any atom is 0.254 e. The molecule has 4 nitrogen and oxygen atoms in total. The van der Waals surface area contributed by atoms with Crippen molar-refractivity contribution >= 4 is 11.7 Å². The van der Waals surface area contributed by atoms with Gasteiger partial charge in [-0.05, 0) is 30.9 Å². The molecule has 0 aromatic carbocycles. The van der Waals surface area contributed by atoms with E-state index in [1.165, 1.54) is 6.42 Å². The van der Waals surface area contributed by atoms with Crippen LogP contribution in [0.1, 0.15) is 36.5 Å². The van der Waals surface area contributed by atoms with E-state index in [1.54, 1.807) is 18.3 Å². The SMILES string of the molecule is CCC1CCCN(C(=O)c2ccnc(N)c2)C1. The second-order valence-electron chi connectivity index (χ2n) is 4.64. The first-order valence-corrected chi connectivity index (χ1v) is 6.21. The Labute approximate surface area is 102 Å². The van der Waals surface area contributed by atoms with E-state index in [9.17, 15) is 4.79 Å². The van der Waals surface area contributed by atoms with Gasteiger partial charge in [0.25, 0.3) is 5.91 Å². The monoisotopic (exact) mass is 233 g/mol. The summed E-state index contributed by atoms with van der Waals surface area (Å²) in [5, 5.41) is 0. The van der Waals surface area contributed by atoms with Crippen LogP contribution in [0.4, 0.5) is 5.82 Å². The van der Waals surface area contributed by atoms with Crippen molar-refractivity contribution in [2.75, 3.05) is 18.8 Å². The first kappa shape index (κ1) is 11.9. The number of hydrogen-bond donors (Lipinski definition) is 1. The molecule has 1 aliphatic rings. The molecule has 0 saturated carbocycles. The Hall–Kier alpha value is -1.58. The minimum atomic E-state index is 0.0808. The molecule has 1 fully saturated rings. The molecule has 0 radical (unpaired) electrons. The molecule has 1 aromatic rings. The number of likely N-dealkylation sites (tertiary alicyclic amines) is 1. The predicted octanol–water partition coefficient (Wildman–Crippen LogP) is 1.93. The molecule has 1 atom stereocenters. The van der Waals surface area contributed by atoms with Crippen molar-refractivity contribution in [1.29, 1.82) is 0 Å². The molecule has 1 unspecified atom stereocenters. The lowest BCUT2D eigenvalue weighted by Gasteiger charge is -2.32. The molecule has 1 saturated heterocycles. The maximum atomic E-state index is 12.3. The minimum Gasteiger partial charge on any atom is -0.384 e. The molecule has 0 spiro atoms. The second kappa shape index (κ2) is 5.17. The third-order valence-corrected chi connectivity index (χ3v) is 3.41. The average molecular weight is 233 g/mol. The zero-order valence-corrected chi connectivity index (χ0v) is 10.2. The van der Waals surface area contributed by atoms with Crippen LogP contribution in [-0.4, -0.2) is 28.9 Å². The van der Waals surface area contributed by atoms with Gasteiger partial charge >= 0.3 is 0 Å². The molecule has 92 valence electrons. The number of carbonyl (C=O) groups excluding carboxylic acids is 1. The lowest BCUT2D eigenvalue weighted by molar-refractivity contribution is 0.0671. The van der Waals surface area contributed by atoms with Crippen LogP contribution in [0, 0.1) is 5.92 Å². The summed E-state index contributed by atoms with van der Waals surface area (Å²) in [6.45, 7) is 3.91.